The summed E-state index contributed by atoms with van der Waals surface area (Å²) in [6.07, 6.45) is -3.69. The van der Waals surface area contributed by atoms with Crippen molar-refractivity contribution in [2.45, 2.75) is 117 Å². The summed E-state index contributed by atoms with van der Waals surface area (Å²) in [5.74, 6) is -1.67. The third-order valence-corrected chi connectivity index (χ3v) is 3.54. The summed E-state index contributed by atoms with van der Waals surface area (Å²) in [6.45, 7) is 15.6. The molecule has 0 bridgehead atoms. The second-order valence-electron chi connectivity index (χ2n) is 10.5. The van der Waals surface area contributed by atoms with Crippen LogP contribution in [0.4, 0.5) is 0 Å². The van der Waals surface area contributed by atoms with Crippen molar-refractivity contribution in [3.63, 3.8) is 0 Å². The van der Waals surface area contributed by atoms with E-state index in [1.807, 2.05) is 0 Å². The second-order valence-corrected chi connectivity index (χ2v) is 10.5. The van der Waals surface area contributed by atoms with E-state index in [0.717, 1.165) is 0 Å². The Morgan fingerprint density at radius 2 is 0.774 bits per heavy atom. The van der Waals surface area contributed by atoms with Crippen molar-refractivity contribution in [1.29, 1.82) is 0 Å². The van der Waals surface area contributed by atoms with Crippen molar-refractivity contribution in [2.75, 3.05) is 0 Å². The zero-order chi connectivity index (χ0) is 24.8. The molecule has 0 aliphatic carbocycles. The average molecular weight is 447 g/mol. The fraction of sp³-hybridized carbons (Fsp3) is 0.857. The van der Waals surface area contributed by atoms with E-state index >= 15 is 0 Å². The molecular weight excluding hydrogens is 404 g/mol. The first-order chi connectivity index (χ1) is 13.7. The van der Waals surface area contributed by atoms with E-state index in [1.54, 1.807) is 62.3 Å². The van der Waals surface area contributed by atoms with E-state index in [0.29, 0.717) is 0 Å². The van der Waals surface area contributed by atoms with Crippen molar-refractivity contribution in [2.24, 2.45) is 17.2 Å². The van der Waals surface area contributed by atoms with Gasteiger partial charge in [-0.3, -0.25) is 19.3 Å². The van der Waals surface area contributed by atoms with Gasteiger partial charge in [-0.05, 0) is 62.3 Å². The third-order valence-electron chi connectivity index (χ3n) is 3.54. The fourth-order valence-corrected chi connectivity index (χ4v) is 2.72. The Kier molecular flexibility index (Phi) is 10.6. The molecule has 0 aliphatic heterocycles. The van der Waals surface area contributed by atoms with Crippen LogP contribution in [0.5, 0.6) is 0 Å². The van der Waals surface area contributed by atoms with E-state index in [-0.39, 0.29) is 19.3 Å². The van der Waals surface area contributed by atoms with Gasteiger partial charge in [0.25, 0.3) is 0 Å². The molecule has 0 aromatic heterocycles. The van der Waals surface area contributed by atoms with Crippen LogP contribution in [0.1, 0.15) is 81.6 Å². The van der Waals surface area contributed by atoms with Gasteiger partial charge in [0.2, 0.25) is 0 Å². The Morgan fingerprint density at radius 3 is 0.935 bits per heavy atom. The molecule has 0 saturated heterocycles. The number of nitrogens with two attached hydrogens (primary N) is 3. The maximum atomic E-state index is 12.2. The number of rotatable bonds is 9. The van der Waals surface area contributed by atoms with Crippen LogP contribution in [0, 0.1) is 0 Å². The lowest BCUT2D eigenvalue weighted by Gasteiger charge is -2.38. The van der Waals surface area contributed by atoms with Gasteiger partial charge in [0.05, 0.1) is 37.8 Å². The van der Waals surface area contributed by atoms with E-state index < -0.39 is 53.2 Å². The van der Waals surface area contributed by atoms with Gasteiger partial charge < -0.3 is 31.4 Å². The zero-order valence-electron chi connectivity index (χ0n) is 20.5. The van der Waals surface area contributed by atoms with Gasteiger partial charge in [-0.25, -0.2) is 0 Å². The minimum atomic E-state index is -0.996. The van der Waals surface area contributed by atoms with E-state index in [9.17, 15) is 14.4 Å². The largest absolute Gasteiger partial charge is 0.460 e. The van der Waals surface area contributed by atoms with Crippen LogP contribution in [0.3, 0.4) is 0 Å². The van der Waals surface area contributed by atoms with Crippen molar-refractivity contribution in [3.05, 3.63) is 0 Å². The Bertz CT molecular complexity index is 533. The summed E-state index contributed by atoms with van der Waals surface area (Å²) in [5.41, 5.74) is 16.5. The first-order valence-electron chi connectivity index (χ1n) is 10.4. The van der Waals surface area contributed by atoms with Crippen molar-refractivity contribution in [1.82, 2.24) is 4.90 Å². The Balaban J connectivity index is 5.46. The fourth-order valence-electron chi connectivity index (χ4n) is 2.72. The SMILES string of the molecule is CC(C)(C)OC(=O)CC(N)N(C(N)CC(=O)OC(C)(C)C)C(N)CC(=O)OC(C)(C)C. The molecule has 3 atom stereocenters. The average Bonchev–Trinajstić information content (AvgIpc) is 2.39. The monoisotopic (exact) mass is 446 g/mol. The number of hydrogen-bond acceptors (Lipinski definition) is 10. The van der Waals surface area contributed by atoms with Gasteiger partial charge in [0.1, 0.15) is 16.8 Å². The second kappa shape index (κ2) is 11.2. The van der Waals surface area contributed by atoms with Gasteiger partial charge in [-0.2, -0.15) is 0 Å². The first kappa shape index (κ1) is 29.2. The summed E-state index contributed by atoms with van der Waals surface area (Å²) in [7, 11) is 0. The molecule has 0 amide bonds. The molecular formula is C21H42N4O6. The molecule has 182 valence electrons. The predicted molar refractivity (Wildman–Crippen MR) is 117 cm³/mol. The van der Waals surface area contributed by atoms with Crippen molar-refractivity contribution in [3.8, 4) is 0 Å². The highest BCUT2D eigenvalue weighted by atomic mass is 16.6. The van der Waals surface area contributed by atoms with Crippen molar-refractivity contribution < 1.29 is 28.6 Å². The lowest BCUT2D eigenvalue weighted by Crippen LogP contribution is -2.61. The van der Waals surface area contributed by atoms with Crippen LogP contribution >= 0.6 is 0 Å². The normalized spacial score (nSPS) is 15.8. The first-order valence-corrected chi connectivity index (χ1v) is 10.4. The zero-order valence-corrected chi connectivity index (χ0v) is 20.5. The number of carbonyl (C=O) groups is 3. The van der Waals surface area contributed by atoms with Crippen molar-refractivity contribution >= 4 is 17.9 Å². The van der Waals surface area contributed by atoms with Crippen LogP contribution in [-0.4, -0.2) is 58.1 Å². The number of carbonyl (C=O) groups excluding carboxylic acids is 3. The highest BCUT2D eigenvalue weighted by Crippen LogP contribution is 2.17. The maximum Gasteiger partial charge on any atom is 0.309 e. The molecule has 0 saturated carbocycles. The van der Waals surface area contributed by atoms with Gasteiger partial charge >= 0.3 is 17.9 Å². The van der Waals surface area contributed by atoms with E-state index in [1.165, 1.54) is 4.90 Å². The summed E-state index contributed by atoms with van der Waals surface area (Å²) >= 11 is 0. The molecule has 0 aromatic rings. The number of nitrogens with zero attached hydrogens (tertiary/aromatic N) is 1. The molecule has 0 rings (SSSR count). The molecule has 31 heavy (non-hydrogen) atoms. The molecule has 10 nitrogen and oxygen atoms in total. The minimum absolute atomic E-state index is 0.235. The molecule has 3 unspecified atom stereocenters. The third kappa shape index (κ3) is 14.0. The minimum Gasteiger partial charge on any atom is -0.460 e. The van der Waals surface area contributed by atoms with E-state index in [2.05, 4.69) is 0 Å². The maximum absolute atomic E-state index is 12.2. The molecule has 0 spiro atoms. The van der Waals surface area contributed by atoms with Gasteiger partial charge in [-0.15, -0.1) is 0 Å². The smallest absolute Gasteiger partial charge is 0.309 e. The standard InChI is InChI=1S/C21H42N4O6/c1-19(2,3)29-16(26)10-13(22)25(14(23)11-17(27)30-20(4,5)6)15(24)12-18(28)31-21(7,8)9/h13-15H,10-12,22-24H2,1-9H3. The predicted octanol–water partition coefficient (Wildman–Crippen LogP) is 1.34. The summed E-state index contributed by atoms with van der Waals surface area (Å²) in [5, 5.41) is 0. The number of ether oxygens (including phenoxy) is 3. The lowest BCUT2D eigenvalue weighted by atomic mass is 10.1. The number of esters is 3. The molecule has 0 heterocycles. The van der Waals surface area contributed by atoms with Crippen LogP contribution in [-0.2, 0) is 28.6 Å². The molecule has 0 aromatic carbocycles. The number of hydrogen-bond donors (Lipinski definition) is 3. The topological polar surface area (TPSA) is 160 Å². The Labute approximate surface area is 186 Å². The Morgan fingerprint density at radius 1 is 0.581 bits per heavy atom. The summed E-state index contributed by atoms with van der Waals surface area (Å²) in [4.78, 5) is 38.1. The molecule has 6 N–H and O–H groups in total. The molecule has 0 radical (unpaired) electrons. The van der Waals surface area contributed by atoms with Crippen LogP contribution in [0.2, 0.25) is 0 Å². The lowest BCUT2D eigenvalue weighted by molar-refractivity contribution is -0.158. The van der Waals surface area contributed by atoms with Gasteiger partial charge in [0.15, 0.2) is 0 Å². The highest BCUT2D eigenvalue weighted by Gasteiger charge is 2.33. The highest BCUT2D eigenvalue weighted by molar-refractivity contribution is 5.72. The van der Waals surface area contributed by atoms with Crippen LogP contribution in [0.25, 0.3) is 0 Å². The van der Waals surface area contributed by atoms with E-state index in [4.69, 9.17) is 31.4 Å². The quantitative estimate of drug-likeness (QED) is 0.268. The molecule has 0 aliphatic rings. The van der Waals surface area contributed by atoms with Gasteiger partial charge in [0, 0.05) is 0 Å². The van der Waals surface area contributed by atoms with Crippen LogP contribution < -0.4 is 17.2 Å². The van der Waals surface area contributed by atoms with Gasteiger partial charge in [-0.1, -0.05) is 0 Å². The summed E-state index contributed by atoms with van der Waals surface area (Å²) < 4.78 is 15.9. The molecule has 0 fully saturated rings. The molecule has 10 heteroatoms. The van der Waals surface area contributed by atoms with Crippen LogP contribution in [0.15, 0.2) is 0 Å². The summed E-state index contributed by atoms with van der Waals surface area (Å²) in [6, 6.07) is 0. The Hall–Kier alpha value is -1.75.